The standard InChI is InChI=1S/C22H26N6O2.2H2/c1-30-19-11-21-24-13-17(28(21)14-18(19)27-10-4-8-22(27)29)16-6-2-7-20(26-16)25-15-5-3-9-23-12-15;;/h2,6-7,11,13-15,23H,3-5,8-10,12H2,1H3,(H,25,26);2*1H/t15-;;/m0../s1. The molecule has 0 aromatic carbocycles. The van der Waals surface area contributed by atoms with Crippen LogP contribution in [0.25, 0.3) is 17.0 Å². The number of methoxy groups -OCH3 is 1. The second-order valence-corrected chi connectivity index (χ2v) is 7.84. The molecule has 8 heteroatoms. The molecule has 160 valence electrons. The van der Waals surface area contributed by atoms with E-state index >= 15 is 0 Å². The fourth-order valence-electron chi connectivity index (χ4n) is 4.30. The van der Waals surface area contributed by atoms with Gasteiger partial charge >= 0.3 is 0 Å². The van der Waals surface area contributed by atoms with Crippen LogP contribution in [0.1, 0.15) is 28.5 Å². The summed E-state index contributed by atoms with van der Waals surface area (Å²) in [4.78, 5) is 23.5. The number of amides is 1. The number of fused-ring (bicyclic) bond motifs is 1. The molecule has 2 fully saturated rings. The Hall–Kier alpha value is -3.13. The third-order valence-corrected chi connectivity index (χ3v) is 5.83. The number of carbonyl (C=O) groups excluding carboxylic acids is 1. The molecule has 2 N–H and O–H groups in total. The molecule has 0 bridgehead atoms. The van der Waals surface area contributed by atoms with Crippen molar-refractivity contribution in [2.24, 2.45) is 0 Å². The number of ether oxygens (including phenoxy) is 1. The summed E-state index contributed by atoms with van der Waals surface area (Å²) in [6.45, 7) is 2.74. The Kier molecular flexibility index (Phi) is 5.00. The van der Waals surface area contributed by atoms with Gasteiger partial charge in [0.1, 0.15) is 22.9 Å². The second-order valence-electron chi connectivity index (χ2n) is 7.84. The average molecular weight is 411 g/mol. The Labute approximate surface area is 178 Å². The predicted molar refractivity (Wildman–Crippen MR) is 120 cm³/mol. The van der Waals surface area contributed by atoms with Crippen molar-refractivity contribution in [2.45, 2.75) is 31.7 Å². The molecule has 2 saturated heterocycles. The Balaban J connectivity index is 0.00000144. The van der Waals surface area contributed by atoms with Crippen LogP contribution in [0.4, 0.5) is 11.5 Å². The lowest BCUT2D eigenvalue weighted by Gasteiger charge is -2.24. The summed E-state index contributed by atoms with van der Waals surface area (Å²) in [5.41, 5.74) is 3.24. The summed E-state index contributed by atoms with van der Waals surface area (Å²) in [5, 5.41) is 6.96. The van der Waals surface area contributed by atoms with Crippen molar-refractivity contribution in [3.8, 4) is 17.1 Å². The van der Waals surface area contributed by atoms with Gasteiger partial charge in [0, 0.05) is 40.7 Å². The zero-order valence-corrected chi connectivity index (χ0v) is 17.1. The van der Waals surface area contributed by atoms with E-state index in [-0.39, 0.29) is 8.76 Å². The SMILES string of the molecule is COc1cc2ncc(-c3cccc(N[C@H]4CCCNC4)n3)n2cc1N1CCCC1=O.[HH].[HH]. The van der Waals surface area contributed by atoms with Gasteiger partial charge in [-0.2, -0.15) is 0 Å². The van der Waals surface area contributed by atoms with Crippen LogP contribution in [-0.4, -0.2) is 53.1 Å². The van der Waals surface area contributed by atoms with Crippen molar-refractivity contribution in [2.75, 3.05) is 37.0 Å². The molecular formula is C22H30N6O2. The number of piperidine rings is 1. The first-order valence-corrected chi connectivity index (χ1v) is 10.5. The van der Waals surface area contributed by atoms with Crippen LogP contribution in [0, 0.1) is 0 Å². The van der Waals surface area contributed by atoms with Crippen LogP contribution in [-0.2, 0) is 4.79 Å². The van der Waals surface area contributed by atoms with Gasteiger partial charge in [-0.05, 0) is 37.9 Å². The summed E-state index contributed by atoms with van der Waals surface area (Å²) in [5.74, 6) is 1.64. The third kappa shape index (κ3) is 3.47. The highest BCUT2D eigenvalue weighted by molar-refractivity contribution is 5.97. The quantitative estimate of drug-likeness (QED) is 0.672. The molecule has 5 rings (SSSR count). The monoisotopic (exact) mass is 410 g/mol. The number of hydrogen-bond acceptors (Lipinski definition) is 6. The van der Waals surface area contributed by atoms with E-state index in [0.29, 0.717) is 24.8 Å². The second kappa shape index (κ2) is 7.95. The summed E-state index contributed by atoms with van der Waals surface area (Å²) >= 11 is 0. The van der Waals surface area contributed by atoms with Crippen LogP contribution >= 0.6 is 0 Å². The fraction of sp³-hybridized carbons (Fsp3) is 0.409. The van der Waals surface area contributed by atoms with Gasteiger partial charge in [-0.25, -0.2) is 9.97 Å². The summed E-state index contributed by atoms with van der Waals surface area (Å²) in [6.07, 6.45) is 7.50. The minimum Gasteiger partial charge on any atom is -0.494 e. The van der Waals surface area contributed by atoms with Gasteiger partial charge in [0.25, 0.3) is 0 Å². The van der Waals surface area contributed by atoms with Crippen molar-refractivity contribution in [1.29, 1.82) is 0 Å². The third-order valence-electron chi connectivity index (χ3n) is 5.83. The van der Waals surface area contributed by atoms with E-state index in [1.807, 2.05) is 41.1 Å². The molecule has 5 heterocycles. The lowest BCUT2D eigenvalue weighted by Crippen LogP contribution is -2.38. The van der Waals surface area contributed by atoms with Gasteiger partial charge in [-0.3, -0.25) is 9.20 Å². The fourth-order valence-corrected chi connectivity index (χ4v) is 4.30. The highest BCUT2D eigenvalue weighted by Gasteiger charge is 2.26. The van der Waals surface area contributed by atoms with Crippen LogP contribution in [0.5, 0.6) is 5.75 Å². The van der Waals surface area contributed by atoms with E-state index in [2.05, 4.69) is 15.6 Å². The molecule has 2 aliphatic rings. The normalized spacial score (nSPS) is 19.4. The van der Waals surface area contributed by atoms with Crippen LogP contribution < -0.4 is 20.3 Å². The number of carbonyl (C=O) groups is 1. The van der Waals surface area contributed by atoms with E-state index in [9.17, 15) is 4.79 Å². The van der Waals surface area contributed by atoms with E-state index in [0.717, 1.165) is 54.5 Å². The average Bonchev–Trinajstić information content (AvgIpc) is 3.39. The van der Waals surface area contributed by atoms with Crippen molar-refractivity contribution in [3.05, 3.63) is 36.7 Å². The van der Waals surface area contributed by atoms with E-state index in [4.69, 9.17) is 9.72 Å². The number of aromatic nitrogens is 3. The maximum absolute atomic E-state index is 12.3. The predicted octanol–water partition coefficient (Wildman–Crippen LogP) is 3.19. The minimum atomic E-state index is 0. The van der Waals surface area contributed by atoms with Crippen LogP contribution in [0.3, 0.4) is 0 Å². The van der Waals surface area contributed by atoms with Crippen molar-refractivity contribution >= 4 is 23.1 Å². The van der Waals surface area contributed by atoms with Gasteiger partial charge < -0.3 is 20.3 Å². The van der Waals surface area contributed by atoms with Gasteiger partial charge in [-0.15, -0.1) is 0 Å². The Morgan fingerprint density at radius 2 is 2.27 bits per heavy atom. The smallest absolute Gasteiger partial charge is 0.227 e. The van der Waals surface area contributed by atoms with Crippen molar-refractivity contribution in [3.63, 3.8) is 0 Å². The molecule has 0 saturated carbocycles. The molecule has 0 spiro atoms. The molecule has 30 heavy (non-hydrogen) atoms. The van der Waals surface area contributed by atoms with Gasteiger partial charge in [0.15, 0.2) is 0 Å². The Morgan fingerprint density at radius 1 is 1.33 bits per heavy atom. The molecule has 3 aromatic rings. The van der Waals surface area contributed by atoms with Gasteiger partial charge in [-0.1, -0.05) is 6.07 Å². The number of nitrogens with zero attached hydrogens (tertiary/aromatic N) is 4. The highest BCUT2D eigenvalue weighted by atomic mass is 16.5. The topological polar surface area (TPSA) is 83.8 Å². The lowest BCUT2D eigenvalue weighted by atomic mass is 10.1. The summed E-state index contributed by atoms with van der Waals surface area (Å²) in [6, 6.07) is 8.26. The first-order valence-electron chi connectivity index (χ1n) is 10.5. The molecule has 2 aliphatic heterocycles. The van der Waals surface area contributed by atoms with Crippen molar-refractivity contribution < 1.29 is 12.4 Å². The maximum Gasteiger partial charge on any atom is 0.227 e. The maximum atomic E-state index is 12.3. The minimum absolute atomic E-state index is 0. The number of nitrogens with one attached hydrogen (secondary N) is 2. The molecular weight excluding hydrogens is 380 g/mol. The molecule has 1 amide bonds. The first-order chi connectivity index (χ1) is 14.7. The number of imidazole rings is 1. The number of rotatable bonds is 5. The molecule has 0 unspecified atom stereocenters. The molecule has 0 aliphatic carbocycles. The van der Waals surface area contributed by atoms with Crippen molar-refractivity contribution in [1.82, 2.24) is 19.7 Å². The summed E-state index contributed by atoms with van der Waals surface area (Å²) in [7, 11) is 1.62. The number of pyridine rings is 2. The van der Waals surface area contributed by atoms with E-state index in [1.165, 1.54) is 6.42 Å². The largest absolute Gasteiger partial charge is 0.494 e. The van der Waals surface area contributed by atoms with E-state index < -0.39 is 0 Å². The molecule has 3 aromatic heterocycles. The zero-order valence-electron chi connectivity index (χ0n) is 17.1. The van der Waals surface area contributed by atoms with Gasteiger partial charge in [0.2, 0.25) is 5.91 Å². The molecule has 0 radical (unpaired) electrons. The summed E-state index contributed by atoms with van der Waals surface area (Å²) < 4.78 is 7.54. The first kappa shape index (κ1) is 18.9. The van der Waals surface area contributed by atoms with E-state index in [1.54, 1.807) is 12.0 Å². The number of anilines is 2. The number of hydrogen-bond donors (Lipinski definition) is 2. The molecule has 8 nitrogen and oxygen atoms in total. The van der Waals surface area contributed by atoms with Crippen LogP contribution in [0.2, 0.25) is 0 Å². The Bertz CT molecular complexity index is 1080. The van der Waals surface area contributed by atoms with Crippen LogP contribution in [0.15, 0.2) is 36.7 Å². The lowest BCUT2D eigenvalue weighted by molar-refractivity contribution is -0.117. The Morgan fingerprint density at radius 3 is 3.03 bits per heavy atom. The highest BCUT2D eigenvalue weighted by Crippen LogP contribution is 2.34. The van der Waals surface area contributed by atoms with Gasteiger partial charge in [0.05, 0.1) is 24.7 Å². The zero-order chi connectivity index (χ0) is 20.5. The molecule has 1 atom stereocenters.